The standard InChI is InChI=1S/C16H23NO5/c18-10-12-8-13(19)14(20)9-17(12)4-3-11-1-2-15-16(7-11)22-6-5-21-15/h1-2,7,12-14,18-20H,3-6,8-10H2/t12-,13?,14+/m1/s1. The van der Waals surface area contributed by atoms with E-state index in [1.54, 1.807) is 0 Å². The van der Waals surface area contributed by atoms with Gasteiger partial charge in [0.15, 0.2) is 11.5 Å². The molecule has 6 nitrogen and oxygen atoms in total. The molecule has 122 valence electrons. The van der Waals surface area contributed by atoms with Gasteiger partial charge in [-0.3, -0.25) is 4.90 Å². The van der Waals surface area contributed by atoms with Gasteiger partial charge in [0.05, 0.1) is 18.8 Å². The van der Waals surface area contributed by atoms with Gasteiger partial charge in [0, 0.05) is 19.1 Å². The van der Waals surface area contributed by atoms with Gasteiger partial charge in [0.25, 0.3) is 0 Å². The summed E-state index contributed by atoms with van der Waals surface area (Å²) in [5, 5.41) is 29.0. The second-order valence-electron chi connectivity index (χ2n) is 5.93. The van der Waals surface area contributed by atoms with Crippen LogP contribution < -0.4 is 9.47 Å². The third-order valence-corrected chi connectivity index (χ3v) is 4.40. The zero-order chi connectivity index (χ0) is 15.5. The van der Waals surface area contributed by atoms with E-state index in [1.165, 1.54) is 0 Å². The maximum atomic E-state index is 9.81. The highest BCUT2D eigenvalue weighted by molar-refractivity contribution is 5.43. The van der Waals surface area contributed by atoms with Crippen LogP contribution in [-0.4, -0.2) is 71.4 Å². The summed E-state index contributed by atoms with van der Waals surface area (Å²) in [6, 6.07) is 5.81. The molecule has 0 saturated carbocycles. The first-order valence-corrected chi connectivity index (χ1v) is 7.77. The zero-order valence-corrected chi connectivity index (χ0v) is 12.5. The summed E-state index contributed by atoms with van der Waals surface area (Å²) in [5.41, 5.74) is 1.13. The number of rotatable bonds is 4. The maximum absolute atomic E-state index is 9.81. The SMILES string of the molecule is OC[C@H]1CC(O)[C@@H](O)CN1CCc1ccc2c(c1)OCCO2. The van der Waals surface area contributed by atoms with Crippen molar-refractivity contribution in [3.8, 4) is 11.5 Å². The van der Waals surface area contributed by atoms with Crippen molar-refractivity contribution in [1.29, 1.82) is 0 Å². The number of aliphatic hydroxyl groups is 3. The summed E-state index contributed by atoms with van der Waals surface area (Å²) in [6.45, 7) is 2.24. The molecule has 1 unspecified atom stereocenters. The summed E-state index contributed by atoms with van der Waals surface area (Å²) in [4.78, 5) is 2.04. The van der Waals surface area contributed by atoms with Gasteiger partial charge in [0.2, 0.25) is 0 Å². The van der Waals surface area contributed by atoms with Gasteiger partial charge in [-0.05, 0) is 30.5 Å². The van der Waals surface area contributed by atoms with Crippen LogP contribution in [0.1, 0.15) is 12.0 Å². The number of β-amino-alcohol motifs (C(OH)–C–C–N with tert-alkyl or cyclic N) is 1. The van der Waals surface area contributed by atoms with Gasteiger partial charge in [-0.2, -0.15) is 0 Å². The molecule has 2 aliphatic rings. The van der Waals surface area contributed by atoms with Crippen LogP contribution in [-0.2, 0) is 6.42 Å². The van der Waals surface area contributed by atoms with Crippen molar-refractivity contribution in [2.45, 2.75) is 31.1 Å². The lowest BCUT2D eigenvalue weighted by Gasteiger charge is -2.39. The molecule has 3 rings (SSSR count). The van der Waals surface area contributed by atoms with Crippen LogP contribution in [0.5, 0.6) is 11.5 Å². The number of nitrogens with zero attached hydrogens (tertiary/aromatic N) is 1. The monoisotopic (exact) mass is 309 g/mol. The zero-order valence-electron chi connectivity index (χ0n) is 12.5. The maximum Gasteiger partial charge on any atom is 0.161 e. The van der Waals surface area contributed by atoms with Crippen LogP contribution in [0.2, 0.25) is 0 Å². The Hall–Kier alpha value is -1.34. The first-order chi connectivity index (χ1) is 10.7. The molecule has 2 aliphatic heterocycles. The third-order valence-electron chi connectivity index (χ3n) is 4.40. The van der Waals surface area contributed by atoms with Crippen molar-refractivity contribution in [3.05, 3.63) is 23.8 Å². The normalized spacial score (nSPS) is 28.6. The van der Waals surface area contributed by atoms with E-state index in [0.29, 0.717) is 32.7 Å². The van der Waals surface area contributed by atoms with Crippen LogP contribution >= 0.6 is 0 Å². The van der Waals surface area contributed by atoms with E-state index in [9.17, 15) is 15.3 Å². The van der Waals surface area contributed by atoms with E-state index < -0.39 is 12.2 Å². The molecule has 1 saturated heterocycles. The van der Waals surface area contributed by atoms with Crippen LogP contribution in [0, 0.1) is 0 Å². The first kappa shape index (κ1) is 15.6. The lowest BCUT2D eigenvalue weighted by molar-refractivity contribution is -0.0703. The number of hydrogen-bond acceptors (Lipinski definition) is 6. The van der Waals surface area contributed by atoms with Crippen molar-refractivity contribution in [2.75, 3.05) is 32.9 Å². The molecule has 0 aromatic heterocycles. The Bertz CT molecular complexity index is 509. The third kappa shape index (κ3) is 3.35. The Kier molecular flexibility index (Phi) is 4.83. The van der Waals surface area contributed by atoms with Crippen LogP contribution in [0.25, 0.3) is 0 Å². The van der Waals surface area contributed by atoms with Crippen molar-refractivity contribution in [3.63, 3.8) is 0 Å². The number of piperidine rings is 1. The minimum atomic E-state index is -0.748. The molecular formula is C16H23NO5. The van der Waals surface area contributed by atoms with Crippen LogP contribution in [0.15, 0.2) is 18.2 Å². The van der Waals surface area contributed by atoms with Crippen molar-refractivity contribution in [1.82, 2.24) is 4.90 Å². The van der Waals surface area contributed by atoms with Crippen LogP contribution in [0.3, 0.4) is 0 Å². The summed E-state index contributed by atoms with van der Waals surface area (Å²) in [7, 11) is 0. The molecule has 1 aromatic rings. The molecule has 0 radical (unpaired) electrons. The minimum absolute atomic E-state index is 0.00901. The number of benzene rings is 1. The van der Waals surface area contributed by atoms with Gasteiger partial charge in [-0.1, -0.05) is 6.07 Å². The van der Waals surface area contributed by atoms with Crippen molar-refractivity contribution >= 4 is 0 Å². The Morgan fingerprint density at radius 3 is 2.64 bits per heavy atom. The molecule has 0 aliphatic carbocycles. The largest absolute Gasteiger partial charge is 0.486 e. The highest BCUT2D eigenvalue weighted by Gasteiger charge is 2.32. The fraction of sp³-hybridized carbons (Fsp3) is 0.625. The van der Waals surface area contributed by atoms with E-state index in [0.717, 1.165) is 23.5 Å². The molecule has 0 bridgehead atoms. The first-order valence-electron chi connectivity index (χ1n) is 7.77. The van der Waals surface area contributed by atoms with E-state index in [-0.39, 0.29) is 12.6 Å². The Balaban J connectivity index is 1.61. The molecule has 3 N–H and O–H groups in total. The molecule has 1 aromatic carbocycles. The van der Waals surface area contributed by atoms with E-state index >= 15 is 0 Å². The van der Waals surface area contributed by atoms with Gasteiger partial charge in [-0.25, -0.2) is 0 Å². The van der Waals surface area contributed by atoms with E-state index in [1.807, 2.05) is 23.1 Å². The predicted octanol–water partition coefficient (Wildman–Crippen LogP) is -0.211. The highest BCUT2D eigenvalue weighted by Crippen LogP contribution is 2.31. The summed E-state index contributed by atoms with van der Waals surface area (Å²) in [6.07, 6.45) is -0.305. The average molecular weight is 309 g/mol. The van der Waals surface area contributed by atoms with Gasteiger partial charge < -0.3 is 24.8 Å². The van der Waals surface area contributed by atoms with Crippen molar-refractivity contribution < 1.29 is 24.8 Å². The van der Waals surface area contributed by atoms with Gasteiger partial charge >= 0.3 is 0 Å². The summed E-state index contributed by atoms with van der Waals surface area (Å²) >= 11 is 0. The quantitative estimate of drug-likeness (QED) is 0.714. The fourth-order valence-corrected chi connectivity index (χ4v) is 3.08. The molecular weight excluding hydrogens is 286 g/mol. The second kappa shape index (κ2) is 6.83. The van der Waals surface area contributed by atoms with E-state index in [4.69, 9.17) is 9.47 Å². The summed E-state index contributed by atoms with van der Waals surface area (Å²) in [5.74, 6) is 1.55. The number of hydrogen-bond donors (Lipinski definition) is 3. The Morgan fingerprint density at radius 1 is 1.09 bits per heavy atom. The van der Waals surface area contributed by atoms with E-state index in [2.05, 4.69) is 0 Å². The average Bonchev–Trinajstić information content (AvgIpc) is 2.55. The molecule has 1 fully saturated rings. The lowest BCUT2D eigenvalue weighted by atomic mass is 9.97. The number of fused-ring (bicyclic) bond motifs is 1. The molecule has 0 amide bonds. The smallest absolute Gasteiger partial charge is 0.161 e. The minimum Gasteiger partial charge on any atom is -0.486 e. The Labute approximate surface area is 129 Å². The fourth-order valence-electron chi connectivity index (χ4n) is 3.08. The van der Waals surface area contributed by atoms with Gasteiger partial charge in [0.1, 0.15) is 13.2 Å². The highest BCUT2D eigenvalue weighted by atomic mass is 16.6. The molecule has 2 heterocycles. The molecule has 0 spiro atoms. The van der Waals surface area contributed by atoms with Crippen LogP contribution in [0.4, 0.5) is 0 Å². The molecule has 6 heteroatoms. The Morgan fingerprint density at radius 2 is 1.86 bits per heavy atom. The molecule has 22 heavy (non-hydrogen) atoms. The number of likely N-dealkylation sites (tertiary alicyclic amines) is 1. The lowest BCUT2D eigenvalue weighted by Crippen LogP contribution is -2.54. The summed E-state index contributed by atoms with van der Waals surface area (Å²) < 4.78 is 11.1. The van der Waals surface area contributed by atoms with Crippen molar-refractivity contribution in [2.24, 2.45) is 0 Å². The molecule has 3 atom stereocenters. The predicted molar refractivity (Wildman–Crippen MR) is 80.2 cm³/mol. The number of aliphatic hydroxyl groups excluding tert-OH is 3. The topological polar surface area (TPSA) is 82.4 Å². The van der Waals surface area contributed by atoms with Gasteiger partial charge in [-0.15, -0.1) is 0 Å². The number of ether oxygens (including phenoxy) is 2. The second-order valence-corrected chi connectivity index (χ2v) is 5.93.